The third-order valence-electron chi connectivity index (χ3n) is 3.57. The summed E-state index contributed by atoms with van der Waals surface area (Å²) in [6.45, 7) is 2.37. The van der Waals surface area contributed by atoms with Crippen molar-refractivity contribution in [3.05, 3.63) is 57.6 Å². The summed E-state index contributed by atoms with van der Waals surface area (Å²) in [6.07, 6.45) is 1.52. The first-order chi connectivity index (χ1) is 12.5. The Morgan fingerprint density at radius 3 is 2.42 bits per heavy atom. The van der Waals surface area contributed by atoms with Gasteiger partial charge in [0.25, 0.3) is 0 Å². The minimum absolute atomic E-state index is 0.0216. The third-order valence-corrected chi connectivity index (χ3v) is 4.16. The molecular weight excluding hydrogens is 398 g/mol. The number of rotatable bonds is 7. The summed E-state index contributed by atoms with van der Waals surface area (Å²) < 4.78 is 16.6. The maximum Gasteiger partial charge on any atom is 0.203 e. The molecular formula is C20H18BrNO4. The Hall–Kier alpha value is -2.78. The monoisotopic (exact) mass is 415 g/mol. The van der Waals surface area contributed by atoms with Crippen LogP contribution in [-0.4, -0.2) is 26.6 Å². The van der Waals surface area contributed by atoms with Crippen LogP contribution < -0.4 is 14.2 Å². The average molecular weight is 416 g/mol. The van der Waals surface area contributed by atoms with Gasteiger partial charge in [0, 0.05) is 5.56 Å². The van der Waals surface area contributed by atoms with Crippen LogP contribution in [0.4, 0.5) is 0 Å². The molecule has 0 spiro atoms. The predicted octanol–water partition coefficient (Wildman–Crippen LogP) is 4.65. The maximum absolute atomic E-state index is 12.6. The number of ether oxygens (including phenoxy) is 3. The van der Waals surface area contributed by atoms with Crippen molar-refractivity contribution < 1.29 is 19.0 Å². The molecule has 0 amide bonds. The number of nitrogens with zero attached hydrogens (tertiary/aromatic N) is 1. The van der Waals surface area contributed by atoms with E-state index in [2.05, 4.69) is 15.9 Å². The number of Topliss-reactive ketones (excluding diaryl/α,β-unsaturated/α-hetero) is 1. The Labute approximate surface area is 160 Å². The molecule has 0 aliphatic heterocycles. The van der Waals surface area contributed by atoms with Crippen molar-refractivity contribution in [2.45, 2.75) is 6.92 Å². The molecule has 0 aliphatic rings. The van der Waals surface area contributed by atoms with Crippen LogP contribution in [0.2, 0.25) is 0 Å². The van der Waals surface area contributed by atoms with E-state index in [-0.39, 0.29) is 11.4 Å². The van der Waals surface area contributed by atoms with Crippen molar-refractivity contribution in [3.8, 4) is 23.3 Å². The number of ketones is 1. The second kappa shape index (κ2) is 9.07. The lowest BCUT2D eigenvalue weighted by Gasteiger charge is -2.12. The summed E-state index contributed by atoms with van der Waals surface area (Å²) in [5.41, 5.74) is 1.08. The largest absolute Gasteiger partial charge is 0.497 e. The standard InChI is InChI=1S/C20H18BrNO4/c1-4-26-20-17(21)10-13(11-18(20)25-3)9-15(12-22)19(23)14-5-7-16(24-2)8-6-14/h5-11H,4H2,1-3H3. The second-order valence-corrected chi connectivity index (χ2v) is 6.05. The number of hydrogen-bond acceptors (Lipinski definition) is 5. The maximum atomic E-state index is 12.6. The van der Waals surface area contributed by atoms with E-state index < -0.39 is 0 Å². The van der Waals surface area contributed by atoms with Gasteiger partial charge in [-0.05, 0) is 70.9 Å². The predicted molar refractivity (Wildman–Crippen MR) is 103 cm³/mol. The van der Waals surface area contributed by atoms with Gasteiger partial charge in [-0.2, -0.15) is 5.26 Å². The summed E-state index contributed by atoms with van der Waals surface area (Å²) in [6, 6.07) is 12.1. The van der Waals surface area contributed by atoms with Gasteiger partial charge in [0.1, 0.15) is 17.4 Å². The number of benzene rings is 2. The van der Waals surface area contributed by atoms with E-state index >= 15 is 0 Å². The van der Waals surface area contributed by atoms with Crippen molar-refractivity contribution >= 4 is 27.8 Å². The first kappa shape index (κ1) is 19.5. The number of nitriles is 1. The molecule has 6 heteroatoms. The van der Waals surface area contributed by atoms with Crippen LogP contribution in [0.15, 0.2) is 46.4 Å². The Bertz CT molecular complexity index is 867. The zero-order chi connectivity index (χ0) is 19.1. The van der Waals surface area contributed by atoms with Crippen LogP contribution in [0.5, 0.6) is 17.2 Å². The lowest BCUT2D eigenvalue weighted by Crippen LogP contribution is -2.02. The molecule has 5 nitrogen and oxygen atoms in total. The van der Waals surface area contributed by atoms with E-state index in [0.717, 1.165) is 0 Å². The zero-order valence-corrected chi connectivity index (χ0v) is 16.3. The molecule has 0 bridgehead atoms. The fourth-order valence-electron chi connectivity index (χ4n) is 2.32. The highest BCUT2D eigenvalue weighted by molar-refractivity contribution is 9.10. The van der Waals surface area contributed by atoms with Gasteiger partial charge in [-0.1, -0.05) is 0 Å². The van der Waals surface area contributed by atoms with E-state index in [1.54, 1.807) is 43.5 Å². The Morgan fingerprint density at radius 1 is 1.19 bits per heavy atom. The highest BCUT2D eigenvalue weighted by Gasteiger charge is 2.15. The van der Waals surface area contributed by atoms with Gasteiger partial charge in [-0.3, -0.25) is 4.79 Å². The fourth-order valence-corrected chi connectivity index (χ4v) is 2.89. The molecule has 0 N–H and O–H groups in total. The van der Waals surface area contributed by atoms with Gasteiger partial charge >= 0.3 is 0 Å². The number of halogens is 1. The first-order valence-corrected chi connectivity index (χ1v) is 8.64. The average Bonchev–Trinajstić information content (AvgIpc) is 2.67. The van der Waals surface area contributed by atoms with E-state index in [1.807, 2.05) is 13.0 Å². The Balaban J connectivity index is 2.40. The molecule has 0 aromatic heterocycles. The van der Waals surface area contributed by atoms with Crippen LogP contribution >= 0.6 is 15.9 Å². The Kier molecular flexibility index (Phi) is 6.81. The lowest BCUT2D eigenvalue weighted by molar-refractivity contribution is 0.104. The minimum Gasteiger partial charge on any atom is -0.497 e. The van der Waals surface area contributed by atoms with Gasteiger partial charge in [0.15, 0.2) is 11.5 Å². The zero-order valence-electron chi connectivity index (χ0n) is 14.7. The van der Waals surface area contributed by atoms with Crippen molar-refractivity contribution in [2.75, 3.05) is 20.8 Å². The number of hydrogen-bond donors (Lipinski definition) is 0. The molecule has 2 aromatic rings. The summed E-state index contributed by atoms with van der Waals surface area (Å²) in [5.74, 6) is 1.37. The van der Waals surface area contributed by atoms with Crippen LogP contribution in [0.25, 0.3) is 6.08 Å². The number of carbonyl (C=O) groups excluding carboxylic acids is 1. The summed E-state index contributed by atoms with van der Waals surface area (Å²) in [7, 11) is 3.08. The molecule has 0 atom stereocenters. The highest BCUT2D eigenvalue weighted by Crippen LogP contribution is 2.37. The molecule has 2 rings (SSSR count). The van der Waals surface area contributed by atoms with Gasteiger partial charge in [0.2, 0.25) is 5.78 Å². The molecule has 0 aliphatic carbocycles. The van der Waals surface area contributed by atoms with Gasteiger partial charge in [-0.25, -0.2) is 0 Å². The quantitative estimate of drug-likeness (QED) is 0.373. The van der Waals surface area contributed by atoms with Gasteiger partial charge in [-0.15, -0.1) is 0 Å². The molecule has 134 valence electrons. The molecule has 2 aromatic carbocycles. The van der Waals surface area contributed by atoms with Crippen molar-refractivity contribution in [3.63, 3.8) is 0 Å². The lowest BCUT2D eigenvalue weighted by atomic mass is 10.0. The van der Waals surface area contributed by atoms with Crippen LogP contribution in [0.1, 0.15) is 22.8 Å². The molecule has 26 heavy (non-hydrogen) atoms. The summed E-state index contributed by atoms with van der Waals surface area (Å²) in [5, 5.41) is 9.42. The van der Waals surface area contributed by atoms with E-state index in [9.17, 15) is 10.1 Å². The van der Waals surface area contributed by atoms with Crippen LogP contribution in [0.3, 0.4) is 0 Å². The molecule has 0 unspecified atom stereocenters. The van der Waals surface area contributed by atoms with Crippen molar-refractivity contribution in [1.82, 2.24) is 0 Å². The highest BCUT2D eigenvalue weighted by atomic mass is 79.9. The summed E-state index contributed by atoms with van der Waals surface area (Å²) >= 11 is 3.43. The minimum atomic E-state index is -0.362. The van der Waals surface area contributed by atoms with Gasteiger partial charge < -0.3 is 14.2 Å². The van der Waals surface area contributed by atoms with Crippen LogP contribution in [0, 0.1) is 11.3 Å². The SMILES string of the molecule is CCOc1c(Br)cc(C=C(C#N)C(=O)c2ccc(OC)cc2)cc1OC. The van der Waals surface area contributed by atoms with Gasteiger partial charge in [0.05, 0.1) is 25.3 Å². The number of methoxy groups -OCH3 is 2. The topological polar surface area (TPSA) is 68.5 Å². The van der Waals surface area contributed by atoms with E-state index in [1.165, 1.54) is 13.2 Å². The van der Waals surface area contributed by atoms with Crippen molar-refractivity contribution in [2.24, 2.45) is 0 Å². The molecule has 0 saturated carbocycles. The fraction of sp³-hybridized carbons (Fsp3) is 0.200. The van der Waals surface area contributed by atoms with E-state index in [0.29, 0.717) is 39.5 Å². The number of carbonyl (C=O) groups is 1. The van der Waals surface area contributed by atoms with E-state index in [4.69, 9.17) is 14.2 Å². The Morgan fingerprint density at radius 2 is 1.88 bits per heavy atom. The summed E-state index contributed by atoms with van der Waals surface area (Å²) in [4.78, 5) is 12.6. The first-order valence-electron chi connectivity index (χ1n) is 7.84. The van der Waals surface area contributed by atoms with Crippen molar-refractivity contribution in [1.29, 1.82) is 5.26 Å². The molecule has 0 heterocycles. The smallest absolute Gasteiger partial charge is 0.203 e. The third kappa shape index (κ3) is 4.44. The number of allylic oxidation sites excluding steroid dienone is 1. The normalized spacial score (nSPS) is 10.8. The van der Waals surface area contributed by atoms with Crippen LogP contribution in [-0.2, 0) is 0 Å². The molecule has 0 radical (unpaired) electrons. The molecule has 0 fully saturated rings. The second-order valence-electron chi connectivity index (χ2n) is 5.19. The molecule has 0 saturated heterocycles.